The second-order valence-electron chi connectivity index (χ2n) is 6.54. The van der Waals surface area contributed by atoms with E-state index in [1.807, 2.05) is 23.6 Å². The van der Waals surface area contributed by atoms with E-state index in [0.717, 1.165) is 27.9 Å². The molecular weight excluding hydrogens is 322 g/mol. The number of benzene rings is 1. The van der Waals surface area contributed by atoms with E-state index in [1.165, 1.54) is 11.8 Å². The van der Waals surface area contributed by atoms with Crippen molar-refractivity contribution in [2.75, 3.05) is 6.73 Å². The molecule has 1 heterocycles. The highest BCUT2D eigenvalue weighted by molar-refractivity contribution is 8.06. The van der Waals surface area contributed by atoms with Gasteiger partial charge < -0.3 is 19.9 Å². The van der Waals surface area contributed by atoms with Crippen molar-refractivity contribution in [2.24, 2.45) is 0 Å². The molecule has 0 saturated heterocycles. The molecule has 0 spiro atoms. The SMILES string of the molecule is CC(C)c1cc(C=C2SC=CN(CO)C2C=O)cc(C(C)C)c1O. The summed E-state index contributed by atoms with van der Waals surface area (Å²) in [6.45, 7) is 8.00. The van der Waals surface area contributed by atoms with Crippen molar-refractivity contribution in [3.63, 3.8) is 0 Å². The van der Waals surface area contributed by atoms with E-state index in [0.29, 0.717) is 5.75 Å². The van der Waals surface area contributed by atoms with Gasteiger partial charge in [0.1, 0.15) is 24.8 Å². The third-order valence-corrected chi connectivity index (χ3v) is 5.03. The zero-order chi connectivity index (χ0) is 17.9. The highest BCUT2D eigenvalue weighted by Gasteiger charge is 2.23. The molecule has 0 radical (unpaired) electrons. The normalized spacial score (nSPS) is 19.5. The zero-order valence-electron chi connectivity index (χ0n) is 14.6. The molecule has 1 aromatic carbocycles. The summed E-state index contributed by atoms with van der Waals surface area (Å²) in [5, 5.41) is 21.8. The van der Waals surface area contributed by atoms with E-state index in [9.17, 15) is 15.0 Å². The molecule has 130 valence electrons. The minimum Gasteiger partial charge on any atom is -0.507 e. The van der Waals surface area contributed by atoms with E-state index in [2.05, 4.69) is 27.7 Å². The van der Waals surface area contributed by atoms with Crippen LogP contribution in [0.1, 0.15) is 56.2 Å². The molecule has 5 heteroatoms. The Labute approximate surface area is 147 Å². The molecule has 2 rings (SSSR count). The fraction of sp³-hybridized carbons (Fsp3) is 0.421. The lowest BCUT2D eigenvalue weighted by Gasteiger charge is -2.29. The van der Waals surface area contributed by atoms with E-state index in [1.54, 1.807) is 11.1 Å². The third kappa shape index (κ3) is 3.84. The Morgan fingerprint density at radius 3 is 2.25 bits per heavy atom. The van der Waals surface area contributed by atoms with Gasteiger partial charge in [0.25, 0.3) is 0 Å². The van der Waals surface area contributed by atoms with Gasteiger partial charge >= 0.3 is 0 Å². The molecule has 1 aliphatic heterocycles. The van der Waals surface area contributed by atoms with Gasteiger partial charge in [0.2, 0.25) is 0 Å². The fourth-order valence-electron chi connectivity index (χ4n) is 2.74. The molecule has 2 N–H and O–H groups in total. The molecule has 0 aliphatic carbocycles. The molecule has 24 heavy (non-hydrogen) atoms. The van der Waals surface area contributed by atoms with Crippen LogP contribution in [0.4, 0.5) is 0 Å². The molecule has 0 fully saturated rings. The second-order valence-corrected chi connectivity index (χ2v) is 7.52. The lowest BCUT2D eigenvalue weighted by atomic mass is 9.91. The van der Waals surface area contributed by atoms with Crippen molar-refractivity contribution in [1.29, 1.82) is 0 Å². The van der Waals surface area contributed by atoms with Crippen molar-refractivity contribution < 1.29 is 15.0 Å². The zero-order valence-corrected chi connectivity index (χ0v) is 15.4. The Morgan fingerprint density at radius 1 is 1.21 bits per heavy atom. The topological polar surface area (TPSA) is 60.8 Å². The van der Waals surface area contributed by atoms with Crippen molar-refractivity contribution in [2.45, 2.75) is 45.6 Å². The summed E-state index contributed by atoms with van der Waals surface area (Å²) >= 11 is 1.48. The van der Waals surface area contributed by atoms with Gasteiger partial charge in [-0.1, -0.05) is 39.5 Å². The quantitative estimate of drug-likeness (QED) is 0.788. The molecule has 1 atom stereocenters. The Kier molecular flexibility index (Phi) is 6.13. The number of aliphatic hydroxyl groups is 1. The number of carbonyl (C=O) groups excluding carboxylic acids is 1. The minimum absolute atomic E-state index is 0.204. The smallest absolute Gasteiger partial charge is 0.147 e. The number of nitrogens with zero attached hydrogens (tertiary/aromatic N) is 1. The number of aromatic hydroxyl groups is 1. The molecular formula is C19H25NO3S. The summed E-state index contributed by atoms with van der Waals surface area (Å²) in [7, 11) is 0. The molecule has 0 saturated carbocycles. The number of hydrogen-bond donors (Lipinski definition) is 2. The van der Waals surface area contributed by atoms with Gasteiger partial charge in [-0.15, -0.1) is 0 Å². The number of aliphatic hydroxyl groups excluding tert-OH is 1. The summed E-state index contributed by atoms with van der Waals surface area (Å²) < 4.78 is 0. The largest absolute Gasteiger partial charge is 0.507 e. The van der Waals surface area contributed by atoms with E-state index < -0.39 is 6.04 Å². The van der Waals surface area contributed by atoms with E-state index in [4.69, 9.17) is 0 Å². The Morgan fingerprint density at radius 2 is 1.79 bits per heavy atom. The third-order valence-electron chi connectivity index (χ3n) is 4.14. The molecule has 0 aromatic heterocycles. The van der Waals surface area contributed by atoms with Crippen LogP contribution in [0.2, 0.25) is 0 Å². The van der Waals surface area contributed by atoms with E-state index >= 15 is 0 Å². The summed E-state index contributed by atoms with van der Waals surface area (Å²) in [5.41, 5.74) is 2.78. The van der Waals surface area contributed by atoms with Crippen molar-refractivity contribution in [3.8, 4) is 5.75 Å². The summed E-state index contributed by atoms with van der Waals surface area (Å²) in [6.07, 6.45) is 4.52. The first-order valence-corrected chi connectivity index (χ1v) is 9.00. The predicted molar refractivity (Wildman–Crippen MR) is 99.8 cm³/mol. The van der Waals surface area contributed by atoms with E-state index in [-0.39, 0.29) is 18.6 Å². The Balaban J connectivity index is 2.52. The monoisotopic (exact) mass is 347 g/mol. The first kappa shape index (κ1) is 18.6. The standard InChI is InChI=1S/C19H25NO3S/c1-12(2)15-7-14(8-16(13(3)4)19(15)23)9-18-17(10-21)20(11-22)5-6-24-18/h5-10,12-13,17,22-23H,11H2,1-4H3. The van der Waals surface area contributed by atoms with Gasteiger partial charge in [-0.3, -0.25) is 0 Å². The highest BCUT2D eigenvalue weighted by atomic mass is 32.2. The summed E-state index contributed by atoms with van der Waals surface area (Å²) in [6, 6.07) is 3.47. The number of rotatable bonds is 5. The maximum absolute atomic E-state index is 11.5. The maximum atomic E-state index is 11.5. The van der Waals surface area contributed by atoms with Crippen LogP contribution in [0.15, 0.2) is 28.6 Å². The van der Waals surface area contributed by atoms with Gasteiger partial charge in [0, 0.05) is 11.1 Å². The maximum Gasteiger partial charge on any atom is 0.147 e. The first-order chi connectivity index (χ1) is 11.4. The molecule has 4 nitrogen and oxygen atoms in total. The Bertz CT molecular complexity index is 636. The molecule has 1 aromatic rings. The number of aldehydes is 1. The van der Waals surface area contributed by atoms with Crippen molar-refractivity contribution in [3.05, 3.63) is 45.3 Å². The van der Waals surface area contributed by atoms with Crippen LogP contribution in [0.5, 0.6) is 5.75 Å². The summed E-state index contributed by atoms with van der Waals surface area (Å²) in [5.74, 6) is 0.772. The van der Waals surface area contributed by atoms with Gasteiger partial charge in [-0.2, -0.15) is 0 Å². The summed E-state index contributed by atoms with van der Waals surface area (Å²) in [4.78, 5) is 13.9. The minimum atomic E-state index is -0.483. The number of thioether (sulfide) groups is 1. The number of hydrogen-bond acceptors (Lipinski definition) is 5. The van der Waals surface area contributed by atoms with Gasteiger partial charge in [0.05, 0.1) is 0 Å². The predicted octanol–water partition coefficient (Wildman–Crippen LogP) is 4.02. The molecule has 0 bridgehead atoms. The van der Waals surface area contributed by atoms with Crippen LogP contribution in [0.3, 0.4) is 0 Å². The second kappa shape index (κ2) is 7.90. The lowest BCUT2D eigenvalue weighted by Crippen LogP contribution is -2.35. The average molecular weight is 347 g/mol. The Hall–Kier alpha value is -1.72. The first-order valence-electron chi connectivity index (χ1n) is 8.12. The van der Waals surface area contributed by atoms with Crippen molar-refractivity contribution in [1.82, 2.24) is 4.90 Å². The van der Waals surface area contributed by atoms with Crippen LogP contribution in [0, 0.1) is 0 Å². The van der Waals surface area contributed by atoms with Crippen LogP contribution in [0.25, 0.3) is 6.08 Å². The van der Waals surface area contributed by atoms with Gasteiger partial charge in [-0.05, 0) is 52.1 Å². The van der Waals surface area contributed by atoms with Crippen LogP contribution < -0.4 is 0 Å². The van der Waals surface area contributed by atoms with Crippen LogP contribution >= 0.6 is 11.8 Å². The average Bonchev–Trinajstić information content (AvgIpc) is 2.55. The lowest BCUT2D eigenvalue weighted by molar-refractivity contribution is -0.111. The molecule has 0 amide bonds. The number of carbonyl (C=O) groups is 1. The fourth-order valence-corrected chi connectivity index (χ4v) is 3.65. The van der Waals surface area contributed by atoms with Crippen LogP contribution in [-0.4, -0.2) is 34.2 Å². The van der Waals surface area contributed by atoms with Crippen LogP contribution in [-0.2, 0) is 4.79 Å². The highest BCUT2D eigenvalue weighted by Crippen LogP contribution is 2.37. The van der Waals surface area contributed by atoms with Crippen molar-refractivity contribution >= 4 is 24.1 Å². The number of phenolic OH excluding ortho intramolecular Hbond substituents is 1. The van der Waals surface area contributed by atoms with Gasteiger partial charge in [0.15, 0.2) is 0 Å². The van der Waals surface area contributed by atoms with Gasteiger partial charge in [-0.25, -0.2) is 0 Å². The molecule has 1 unspecified atom stereocenters. The molecule has 1 aliphatic rings. The number of phenols is 1.